The molecule has 0 amide bonds. The smallest absolute Gasteiger partial charge is 0.141 e. The number of aliphatic hydroxyl groups excluding tert-OH is 1. The van der Waals surface area contributed by atoms with E-state index in [1.54, 1.807) is 6.33 Å². The number of nitrogens with zero attached hydrogens (tertiary/aromatic N) is 4. The van der Waals surface area contributed by atoms with E-state index in [1.165, 1.54) is 0 Å². The van der Waals surface area contributed by atoms with Crippen LogP contribution in [0.2, 0.25) is 0 Å². The molecule has 0 bridgehead atoms. The molecule has 0 aromatic carbocycles. The standard InChI is InChI=1S/C12H22N4O/c1-9(2)16-12(13-8-14-16)6-15-5-4-10(3)11(15)7-17/h8-11,17H,4-7H2,1-3H3. The Morgan fingerprint density at radius 1 is 1.53 bits per heavy atom. The second-order valence-electron chi connectivity index (χ2n) is 5.20. The van der Waals surface area contributed by atoms with Crippen molar-refractivity contribution >= 4 is 0 Å². The van der Waals surface area contributed by atoms with Crippen LogP contribution in [-0.4, -0.2) is 44.0 Å². The molecule has 2 heterocycles. The maximum atomic E-state index is 9.43. The van der Waals surface area contributed by atoms with Gasteiger partial charge in [0.25, 0.3) is 0 Å². The van der Waals surface area contributed by atoms with Crippen molar-refractivity contribution in [2.24, 2.45) is 5.92 Å². The first kappa shape index (κ1) is 12.5. The van der Waals surface area contributed by atoms with E-state index in [-0.39, 0.29) is 12.6 Å². The summed E-state index contributed by atoms with van der Waals surface area (Å²) >= 11 is 0. The van der Waals surface area contributed by atoms with Crippen molar-refractivity contribution < 1.29 is 5.11 Å². The first-order chi connectivity index (χ1) is 8.13. The molecule has 17 heavy (non-hydrogen) atoms. The van der Waals surface area contributed by atoms with Crippen LogP contribution in [0.4, 0.5) is 0 Å². The summed E-state index contributed by atoms with van der Waals surface area (Å²) in [6.45, 7) is 8.47. The predicted octanol–water partition coefficient (Wildman–Crippen LogP) is 1.06. The van der Waals surface area contributed by atoms with Gasteiger partial charge in [-0.15, -0.1) is 0 Å². The highest BCUT2D eigenvalue weighted by Crippen LogP contribution is 2.25. The number of rotatable bonds is 4. The molecule has 1 N–H and O–H groups in total. The lowest BCUT2D eigenvalue weighted by molar-refractivity contribution is 0.130. The predicted molar refractivity (Wildman–Crippen MR) is 65.5 cm³/mol. The molecule has 2 atom stereocenters. The van der Waals surface area contributed by atoms with Crippen LogP contribution in [0, 0.1) is 5.92 Å². The highest BCUT2D eigenvalue weighted by molar-refractivity contribution is 4.92. The fraction of sp³-hybridized carbons (Fsp3) is 0.833. The van der Waals surface area contributed by atoms with Gasteiger partial charge < -0.3 is 5.11 Å². The number of aromatic nitrogens is 3. The fourth-order valence-corrected chi connectivity index (χ4v) is 2.58. The van der Waals surface area contributed by atoms with Crippen LogP contribution in [0.3, 0.4) is 0 Å². The Bertz CT molecular complexity index is 363. The summed E-state index contributed by atoms with van der Waals surface area (Å²) in [4.78, 5) is 6.64. The molecule has 0 aliphatic carbocycles. The van der Waals surface area contributed by atoms with Gasteiger partial charge >= 0.3 is 0 Å². The van der Waals surface area contributed by atoms with Gasteiger partial charge in [-0.2, -0.15) is 5.10 Å². The summed E-state index contributed by atoms with van der Waals surface area (Å²) in [5.74, 6) is 1.56. The van der Waals surface area contributed by atoms with Gasteiger partial charge in [-0.05, 0) is 32.7 Å². The molecular weight excluding hydrogens is 216 g/mol. The van der Waals surface area contributed by atoms with Crippen LogP contribution in [0.25, 0.3) is 0 Å². The Hall–Kier alpha value is -0.940. The van der Waals surface area contributed by atoms with E-state index in [4.69, 9.17) is 0 Å². The molecule has 1 aliphatic heterocycles. The lowest BCUT2D eigenvalue weighted by Crippen LogP contribution is -2.35. The number of hydrogen-bond acceptors (Lipinski definition) is 4. The van der Waals surface area contributed by atoms with Crippen molar-refractivity contribution in [2.75, 3.05) is 13.2 Å². The van der Waals surface area contributed by atoms with E-state index in [0.29, 0.717) is 12.0 Å². The van der Waals surface area contributed by atoms with E-state index in [0.717, 1.165) is 25.3 Å². The molecule has 96 valence electrons. The lowest BCUT2D eigenvalue weighted by Gasteiger charge is -2.24. The van der Waals surface area contributed by atoms with Crippen LogP contribution in [0.15, 0.2) is 6.33 Å². The van der Waals surface area contributed by atoms with E-state index in [1.807, 2.05) is 4.68 Å². The molecule has 1 aliphatic rings. The van der Waals surface area contributed by atoms with E-state index >= 15 is 0 Å². The number of hydrogen-bond donors (Lipinski definition) is 1. The van der Waals surface area contributed by atoms with E-state index in [9.17, 15) is 5.11 Å². The van der Waals surface area contributed by atoms with Crippen LogP contribution in [0.1, 0.15) is 39.1 Å². The fourth-order valence-electron chi connectivity index (χ4n) is 2.58. The molecule has 1 fully saturated rings. The summed E-state index contributed by atoms with van der Waals surface area (Å²) < 4.78 is 1.96. The van der Waals surface area contributed by atoms with Crippen LogP contribution in [0.5, 0.6) is 0 Å². The summed E-state index contributed by atoms with van der Waals surface area (Å²) in [6.07, 6.45) is 2.77. The van der Waals surface area contributed by atoms with Crippen molar-refractivity contribution in [1.29, 1.82) is 0 Å². The van der Waals surface area contributed by atoms with Crippen molar-refractivity contribution in [1.82, 2.24) is 19.7 Å². The molecule has 0 saturated carbocycles. The average molecular weight is 238 g/mol. The Balaban J connectivity index is 2.08. The maximum Gasteiger partial charge on any atom is 0.141 e. The third-order valence-corrected chi connectivity index (χ3v) is 3.67. The lowest BCUT2D eigenvalue weighted by atomic mass is 10.0. The van der Waals surface area contributed by atoms with Gasteiger partial charge in [0.05, 0.1) is 13.2 Å². The van der Waals surface area contributed by atoms with Crippen molar-refractivity contribution in [2.45, 2.75) is 45.8 Å². The second-order valence-corrected chi connectivity index (χ2v) is 5.20. The second kappa shape index (κ2) is 5.14. The molecule has 0 radical (unpaired) electrons. The van der Waals surface area contributed by atoms with Gasteiger partial charge in [0.1, 0.15) is 12.2 Å². The average Bonchev–Trinajstić information content (AvgIpc) is 2.86. The first-order valence-electron chi connectivity index (χ1n) is 6.36. The summed E-state index contributed by atoms with van der Waals surface area (Å²) in [6, 6.07) is 0.604. The summed E-state index contributed by atoms with van der Waals surface area (Å²) in [5.41, 5.74) is 0. The molecule has 2 unspecified atom stereocenters. The minimum atomic E-state index is 0.233. The zero-order valence-corrected chi connectivity index (χ0v) is 10.9. The molecule has 2 rings (SSSR count). The number of likely N-dealkylation sites (tertiary alicyclic amines) is 1. The molecular formula is C12H22N4O. The zero-order valence-electron chi connectivity index (χ0n) is 10.9. The molecule has 1 aromatic rings. The van der Waals surface area contributed by atoms with Gasteiger partial charge in [0.15, 0.2) is 0 Å². The van der Waals surface area contributed by atoms with E-state index in [2.05, 4.69) is 35.8 Å². The van der Waals surface area contributed by atoms with Gasteiger partial charge in [-0.3, -0.25) is 4.90 Å². The van der Waals surface area contributed by atoms with E-state index < -0.39 is 0 Å². The summed E-state index contributed by atoms with van der Waals surface area (Å²) in [5, 5.41) is 13.7. The maximum absolute atomic E-state index is 9.43. The Kier molecular flexibility index (Phi) is 3.79. The zero-order chi connectivity index (χ0) is 12.4. The topological polar surface area (TPSA) is 54.2 Å². The van der Waals surface area contributed by atoms with Crippen molar-refractivity contribution in [3.8, 4) is 0 Å². The first-order valence-corrected chi connectivity index (χ1v) is 6.36. The van der Waals surface area contributed by atoms with Gasteiger partial charge in [-0.1, -0.05) is 6.92 Å². The van der Waals surface area contributed by atoms with Crippen LogP contribution in [-0.2, 0) is 6.54 Å². The Morgan fingerprint density at radius 3 is 2.94 bits per heavy atom. The highest BCUT2D eigenvalue weighted by Gasteiger charge is 2.31. The highest BCUT2D eigenvalue weighted by atomic mass is 16.3. The van der Waals surface area contributed by atoms with Gasteiger partial charge in [0.2, 0.25) is 0 Å². The van der Waals surface area contributed by atoms with Crippen molar-refractivity contribution in [3.05, 3.63) is 12.2 Å². The minimum absolute atomic E-state index is 0.233. The molecule has 0 spiro atoms. The number of aliphatic hydroxyl groups is 1. The third-order valence-electron chi connectivity index (χ3n) is 3.67. The largest absolute Gasteiger partial charge is 0.395 e. The molecule has 1 aromatic heterocycles. The van der Waals surface area contributed by atoms with Crippen molar-refractivity contribution in [3.63, 3.8) is 0 Å². The molecule has 5 nitrogen and oxygen atoms in total. The Labute approximate surface area is 102 Å². The summed E-state index contributed by atoms with van der Waals surface area (Å²) in [7, 11) is 0. The quantitative estimate of drug-likeness (QED) is 0.852. The third kappa shape index (κ3) is 2.50. The van der Waals surface area contributed by atoms with Gasteiger partial charge in [0, 0.05) is 12.1 Å². The Morgan fingerprint density at radius 2 is 2.29 bits per heavy atom. The normalized spacial score (nSPS) is 25.9. The molecule has 5 heteroatoms. The van der Waals surface area contributed by atoms with Crippen LogP contribution >= 0.6 is 0 Å². The minimum Gasteiger partial charge on any atom is -0.395 e. The molecule has 1 saturated heterocycles. The SMILES string of the molecule is CC1CCN(Cc2ncnn2C(C)C)C1CO. The van der Waals surface area contributed by atoms with Gasteiger partial charge in [-0.25, -0.2) is 9.67 Å². The van der Waals surface area contributed by atoms with Crippen LogP contribution < -0.4 is 0 Å². The monoisotopic (exact) mass is 238 g/mol.